The third-order valence-electron chi connectivity index (χ3n) is 5.63. The smallest absolute Gasteiger partial charge is 0.414 e. The van der Waals surface area contributed by atoms with Crippen LogP contribution in [0.3, 0.4) is 0 Å². The lowest BCUT2D eigenvalue weighted by atomic mass is 9.98. The lowest BCUT2D eigenvalue weighted by Gasteiger charge is -2.14. The van der Waals surface area contributed by atoms with Gasteiger partial charge in [0.2, 0.25) is 10.0 Å². The summed E-state index contributed by atoms with van der Waals surface area (Å²) in [4.78, 5) is 26.2. The van der Waals surface area contributed by atoms with Crippen molar-refractivity contribution < 1.29 is 22.4 Å². The number of sulfonamides is 1. The van der Waals surface area contributed by atoms with Crippen LogP contribution >= 0.6 is 0 Å². The number of amides is 1. The molecule has 1 aliphatic carbocycles. The molecule has 0 radical (unpaired) electrons. The van der Waals surface area contributed by atoms with Crippen LogP contribution in [-0.2, 0) is 16.4 Å². The van der Waals surface area contributed by atoms with E-state index in [1.54, 1.807) is 44.4 Å². The predicted octanol–water partition coefficient (Wildman–Crippen LogP) is 3.50. The zero-order valence-corrected chi connectivity index (χ0v) is 19.8. The maximum atomic E-state index is 12.8. The van der Waals surface area contributed by atoms with E-state index in [0.29, 0.717) is 22.5 Å². The number of ether oxygens (including phenoxy) is 1. The summed E-state index contributed by atoms with van der Waals surface area (Å²) in [6, 6.07) is 9.96. The van der Waals surface area contributed by atoms with Crippen LogP contribution in [0.15, 0.2) is 50.5 Å². The van der Waals surface area contributed by atoms with E-state index in [9.17, 15) is 18.0 Å². The van der Waals surface area contributed by atoms with Gasteiger partial charge in [-0.15, -0.1) is 0 Å². The maximum Gasteiger partial charge on any atom is 0.414 e. The third kappa shape index (κ3) is 4.94. The molecule has 1 saturated carbocycles. The fraction of sp³-hybridized carbons (Fsp3) is 0.333. The van der Waals surface area contributed by atoms with Crippen molar-refractivity contribution >= 4 is 27.1 Å². The van der Waals surface area contributed by atoms with E-state index in [-0.39, 0.29) is 17.4 Å². The van der Waals surface area contributed by atoms with E-state index < -0.39 is 21.7 Å². The second-order valence-electron chi connectivity index (χ2n) is 8.59. The fourth-order valence-electron chi connectivity index (χ4n) is 3.54. The summed E-state index contributed by atoms with van der Waals surface area (Å²) in [5.74, 6) is 0.317. The number of hydrogen-bond donors (Lipinski definition) is 1. The van der Waals surface area contributed by atoms with Crippen LogP contribution in [0.2, 0.25) is 0 Å². The lowest BCUT2D eigenvalue weighted by Crippen LogP contribution is -2.25. The largest absolute Gasteiger partial charge is 0.422 e. The number of benzene rings is 2. The van der Waals surface area contributed by atoms with Gasteiger partial charge in [0.05, 0.1) is 4.90 Å². The highest BCUT2D eigenvalue weighted by Gasteiger charge is 2.28. The second-order valence-corrected chi connectivity index (χ2v) is 10.3. The van der Waals surface area contributed by atoms with Gasteiger partial charge in [0.15, 0.2) is 0 Å². The van der Waals surface area contributed by atoms with Crippen LogP contribution in [0.5, 0.6) is 5.75 Å². The maximum absolute atomic E-state index is 12.8. The average molecular weight is 471 g/mol. The van der Waals surface area contributed by atoms with Gasteiger partial charge in [-0.25, -0.2) is 22.7 Å². The quantitative estimate of drug-likeness (QED) is 0.553. The first kappa shape index (κ1) is 23.0. The zero-order chi connectivity index (χ0) is 23.9. The minimum atomic E-state index is -3.59. The van der Waals surface area contributed by atoms with Crippen molar-refractivity contribution in [2.45, 2.75) is 44.0 Å². The minimum Gasteiger partial charge on any atom is -0.422 e. The molecule has 0 spiro atoms. The van der Waals surface area contributed by atoms with Gasteiger partial charge in [0.1, 0.15) is 11.3 Å². The van der Waals surface area contributed by atoms with E-state index in [1.807, 2.05) is 19.9 Å². The number of hydrogen-bond acceptors (Lipinski definition) is 6. The molecular weight excluding hydrogens is 444 g/mol. The van der Waals surface area contributed by atoms with Crippen LogP contribution in [0.4, 0.5) is 4.79 Å². The Labute approximate surface area is 192 Å². The molecule has 0 bridgehead atoms. The Bertz CT molecular complexity index is 1400. The Hall–Kier alpha value is -3.17. The Morgan fingerprint density at radius 3 is 2.58 bits per heavy atom. The molecule has 2 aromatic carbocycles. The highest BCUT2D eigenvalue weighted by Crippen LogP contribution is 2.29. The summed E-state index contributed by atoms with van der Waals surface area (Å²) in [6.07, 6.45) is 1.41. The standard InChI is InChI=1S/C24H26N2O6S/c1-14-10-19-15(2)20(23(27)31-22(19)13-21(14)32-24(28)26(3)4)12-16-6-5-7-18(11-16)33(29,30)25-17-8-9-17/h5-7,10-11,13,17,25H,8-9,12H2,1-4H3. The molecule has 1 heterocycles. The van der Waals surface area contributed by atoms with E-state index in [1.165, 1.54) is 4.90 Å². The highest BCUT2D eigenvalue weighted by molar-refractivity contribution is 7.89. The predicted molar refractivity (Wildman–Crippen MR) is 124 cm³/mol. The SMILES string of the molecule is Cc1cc2c(C)c(Cc3cccc(S(=O)(=O)NC4CC4)c3)c(=O)oc2cc1OC(=O)N(C)C. The fourth-order valence-corrected chi connectivity index (χ4v) is 4.91. The van der Waals surface area contributed by atoms with Crippen molar-refractivity contribution in [1.29, 1.82) is 0 Å². The first-order chi connectivity index (χ1) is 15.5. The highest BCUT2D eigenvalue weighted by atomic mass is 32.2. The molecule has 9 heteroatoms. The van der Waals surface area contributed by atoms with Gasteiger partial charge >= 0.3 is 11.7 Å². The van der Waals surface area contributed by atoms with E-state index >= 15 is 0 Å². The Morgan fingerprint density at radius 1 is 1.18 bits per heavy atom. The number of rotatable bonds is 6. The summed E-state index contributed by atoms with van der Waals surface area (Å²) in [5.41, 5.74) is 2.40. The minimum absolute atomic E-state index is 0.0126. The summed E-state index contributed by atoms with van der Waals surface area (Å²) < 4.78 is 38.7. The van der Waals surface area contributed by atoms with Crippen molar-refractivity contribution in [3.05, 3.63) is 69.1 Å². The number of aryl methyl sites for hydroxylation is 2. The van der Waals surface area contributed by atoms with Crippen LogP contribution < -0.4 is 15.1 Å². The van der Waals surface area contributed by atoms with Gasteiger partial charge < -0.3 is 14.1 Å². The zero-order valence-electron chi connectivity index (χ0n) is 19.0. The normalized spacial score (nSPS) is 13.8. The first-order valence-electron chi connectivity index (χ1n) is 10.6. The lowest BCUT2D eigenvalue weighted by molar-refractivity contribution is 0.171. The van der Waals surface area contributed by atoms with Crippen molar-refractivity contribution in [2.24, 2.45) is 0 Å². The first-order valence-corrected chi connectivity index (χ1v) is 12.1. The molecule has 1 fully saturated rings. The Morgan fingerprint density at radius 2 is 1.91 bits per heavy atom. The molecule has 1 amide bonds. The van der Waals surface area contributed by atoms with Crippen molar-refractivity contribution in [3.8, 4) is 5.75 Å². The Balaban J connectivity index is 1.68. The molecule has 8 nitrogen and oxygen atoms in total. The van der Waals surface area contributed by atoms with E-state index in [4.69, 9.17) is 9.15 Å². The number of carbonyl (C=O) groups is 1. The van der Waals surface area contributed by atoms with Crippen LogP contribution in [0.25, 0.3) is 11.0 Å². The molecular formula is C24H26N2O6S. The molecule has 0 aliphatic heterocycles. The third-order valence-corrected chi connectivity index (χ3v) is 7.15. The number of nitrogens with zero attached hydrogens (tertiary/aromatic N) is 1. The number of carbonyl (C=O) groups excluding carboxylic acids is 1. The Kier molecular flexibility index (Phi) is 6.02. The van der Waals surface area contributed by atoms with Crippen LogP contribution in [0.1, 0.15) is 35.1 Å². The van der Waals surface area contributed by atoms with Crippen molar-refractivity contribution in [2.75, 3.05) is 14.1 Å². The van der Waals surface area contributed by atoms with Gasteiger partial charge in [0, 0.05) is 43.6 Å². The molecule has 0 unspecified atom stereocenters. The van der Waals surface area contributed by atoms with Gasteiger partial charge in [-0.05, 0) is 61.6 Å². The van der Waals surface area contributed by atoms with Crippen LogP contribution in [-0.4, -0.2) is 39.5 Å². The molecule has 0 atom stereocenters. The van der Waals surface area contributed by atoms with Crippen LogP contribution in [0, 0.1) is 13.8 Å². The monoisotopic (exact) mass is 470 g/mol. The summed E-state index contributed by atoms with van der Waals surface area (Å²) in [5, 5.41) is 0.728. The van der Waals surface area contributed by atoms with Crippen molar-refractivity contribution in [1.82, 2.24) is 9.62 Å². The van der Waals surface area contributed by atoms with E-state index in [2.05, 4.69) is 4.72 Å². The molecule has 174 valence electrons. The number of fused-ring (bicyclic) bond motifs is 1. The van der Waals surface area contributed by atoms with Gasteiger partial charge in [-0.3, -0.25) is 0 Å². The summed E-state index contributed by atoms with van der Waals surface area (Å²) in [6.45, 7) is 3.64. The molecule has 0 saturated heterocycles. The van der Waals surface area contributed by atoms with Gasteiger partial charge in [-0.1, -0.05) is 12.1 Å². The van der Waals surface area contributed by atoms with Gasteiger partial charge in [-0.2, -0.15) is 0 Å². The molecule has 33 heavy (non-hydrogen) atoms. The molecule has 1 N–H and O–H groups in total. The number of nitrogens with one attached hydrogen (secondary N) is 1. The summed E-state index contributed by atoms with van der Waals surface area (Å²) >= 11 is 0. The van der Waals surface area contributed by atoms with Crippen molar-refractivity contribution in [3.63, 3.8) is 0 Å². The molecule has 4 rings (SSSR count). The molecule has 1 aliphatic rings. The summed E-state index contributed by atoms with van der Waals surface area (Å²) in [7, 11) is -0.428. The molecule has 3 aromatic rings. The average Bonchev–Trinajstić information content (AvgIpc) is 3.56. The van der Waals surface area contributed by atoms with E-state index in [0.717, 1.165) is 29.4 Å². The topological polar surface area (TPSA) is 106 Å². The molecule has 1 aromatic heterocycles. The van der Waals surface area contributed by atoms with Gasteiger partial charge in [0.25, 0.3) is 0 Å². The second kappa shape index (κ2) is 8.64.